The van der Waals surface area contributed by atoms with Crippen molar-refractivity contribution in [2.24, 2.45) is 0 Å². The molecule has 0 aliphatic carbocycles. The lowest BCUT2D eigenvalue weighted by Gasteiger charge is -2.27. The van der Waals surface area contributed by atoms with Crippen LogP contribution in [0.1, 0.15) is 30.6 Å². The summed E-state index contributed by atoms with van der Waals surface area (Å²) in [6, 6.07) is 3.57. The summed E-state index contributed by atoms with van der Waals surface area (Å²) < 4.78 is 5.07. The van der Waals surface area contributed by atoms with Gasteiger partial charge in [-0.05, 0) is 12.5 Å². The number of amides is 1. The number of nitrogens with one attached hydrogen (secondary N) is 1. The SMILES string of the molecule is CC(=O)NC1(c2noc(C)n2)CCN(c2ncc(C#N)cc2Cl)C1. The lowest BCUT2D eigenvalue weighted by molar-refractivity contribution is -0.120. The summed E-state index contributed by atoms with van der Waals surface area (Å²) in [6.45, 7) is 4.16. The Labute approximate surface area is 143 Å². The van der Waals surface area contributed by atoms with E-state index in [-0.39, 0.29) is 5.91 Å². The molecule has 1 saturated heterocycles. The normalized spacial score (nSPS) is 20.0. The van der Waals surface area contributed by atoms with Crippen LogP contribution in [-0.4, -0.2) is 34.1 Å². The number of nitrogens with zero attached hydrogens (tertiary/aromatic N) is 5. The molecule has 1 aliphatic rings. The van der Waals surface area contributed by atoms with Gasteiger partial charge in [0, 0.05) is 26.6 Å². The minimum absolute atomic E-state index is 0.182. The van der Waals surface area contributed by atoms with Gasteiger partial charge in [-0.15, -0.1) is 0 Å². The molecule has 2 aromatic rings. The molecule has 3 rings (SSSR count). The molecule has 124 valence electrons. The summed E-state index contributed by atoms with van der Waals surface area (Å²) in [5.41, 5.74) is -0.368. The van der Waals surface area contributed by atoms with Gasteiger partial charge in [0.2, 0.25) is 11.8 Å². The van der Waals surface area contributed by atoms with Gasteiger partial charge >= 0.3 is 0 Å². The maximum absolute atomic E-state index is 11.7. The molecule has 3 heterocycles. The van der Waals surface area contributed by atoms with Crippen LogP contribution < -0.4 is 10.2 Å². The number of hydrogen-bond donors (Lipinski definition) is 1. The number of aromatic nitrogens is 3. The molecule has 0 radical (unpaired) electrons. The monoisotopic (exact) mass is 346 g/mol. The lowest BCUT2D eigenvalue weighted by atomic mass is 9.97. The van der Waals surface area contributed by atoms with Crippen molar-refractivity contribution in [1.82, 2.24) is 20.4 Å². The van der Waals surface area contributed by atoms with Crippen molar-refractivity contribution in [3.05, 3.63) is 34.6 Å². The maximum Gasteiger partial charge on any atom is 0.223 e. The predicted octanol–water partition coefficient (Wildman–Crippen LogP) is 1.54. The van der Waals surface area contributed by atoms with E-state index < -0.39 is 5.54 Å². The molecule has 9 heteroatoms. The van der Waals surface area contributed by atoms with E-state index in [1.54, 1.807) is 13.0 Å². The Kier molecular flexibility index (Phi) is 4.11. The zero-order chi connectivity index (χ0) is 17.3. The first kappa shape index (κ1) is 16.2. The van der Waals surface area contributed by atoms with Crippen molar-refractivity contribution in [1.29, 1.82) is 5.26 Å². The number of aryl methyl sites for hydroxylation is 1. The number of hydrogen-bond acceptors (Lipinski definition) is 7. The summed E-state index contributed by atoms with van der Waals surface area (Å²) >= 11 is 6.24. The standard InChI is InChI=1S/C15H15ClN6O2/c1-9(23)20-15(14-19-10(2)24-21-14)3-4-22(8-15)13-12(16)5-11(6-17)7-18-13/h5,7H,3-4,8H2,1-2H3,(H,20,23). The molecule has 1 aliphatic heterocycles. The highest BCUT2D eigenvalue weighted by molar-refractivity contribution is 6.33. The van der Waals surface area contributed by atoms with Crippen LogP contribution in [0.25, 0.3) is 0 Å². The molecule has 8 nitrogen and oxygen atoms in total. The number of carbonyl (C=O) groups is 1. The Hall–Kier alpha value is -2.66. The van der Waals surface area contributed by atoms with E-state index in [9.17, 15) is 4.79 Å². The molecule has 1 atom stereocenters. The average molecular weight is 347 g/mol. The van der Waals surface area contributed by atoms with Crippen LogP contribution >= 0.6 is 11.6 Å². The van der Waals surface area contributed by atoms with E-state index >= 15 is 0 Å². The fourth-order valence-electron chi connectivity index (χ4n) is 2.89. The number of carbonyl (C=O) groups excluding carboxylic acids is 1. The van der Waals surface area contributed by atoms with Gasteiger partial charge in [-0.3, -0.25) is 4.79 Å². The van der Waals surface area contributed by atoms with Crippen LogP contribution in [-0.2, 0) is 10.3 Å². The van der Waals surface area contributed by atoms with Gasteiger partial charge < -0.3 is 14.7 Å². The van der Waals surface area contributed by atoms with Crippen molar-refractivity contribution in [2.75, 3.05) is 18.0 Å². The van der Waals surface area contributed by atoms with Crippen molar-refractivity contribution in [2.45, 2.75) is 25.8 Å². The molecule has 1 N–H and O–H groups in total. The number of anilines is 1. The molecular weight excluding hydrogens is 332 g/mol. The third-order valence-electron chi connectivity index (χ3n) is 3.89. The Morgan fingerprint density at radius 2 is 2.38 bits per heavy atom. The summed E-state index contributed by atoms with van der Waals surface area (Å²) in [7, 11) is 0. The molecule has 0 saturated carbocycles. The van der Waals surface area contributed by atoms with Crippen molar-refractivity contribution in [3.63, 3.8) is 0 Å². The van der Waals surface area contributed by atoms with E-state index in [0.717, 1.165) is 0 Å². The molecule has 2 aromatic heterocycles. The quantitative estimate of drug-likeness (QED) is 0.897. The molecular formula is C15H15ClN6O2. The predicted molar refractivity (Wildman–Crippen MR) is 85.3 cm³/mol. The third-order valence-corrected chi connectivity index (χ3v) is 4.17. The highest BCUT2D eigenvalue weighted by Crippen LogP contribution is 2.35. The van der Waals surface area contributed by atoms with Crippen LogP contribution in [0.15, 0.2) is 16.8 Å². The molecule has 0 bridgehead atoms. The minimum atomic E-state index is -0.761. The smallest absolute Gasteiger partial charge is 0.223 e. The maximum atomic E-state index is 11.7. The average Bonchev–Trinajstić information content (AvgIpc) is 3.14. The molecule has 0 spiro atoms. The largest absolute Gasteiger partial charge is 0.352 e. The lowest BCUT2D eigenvalue weighted by Crippen LogP contribution is -2.48. The first-order valence-corrected chi connectivity index (χ1v) is 7.71. The van der Waals surface area contributed by atoms with E-state index in [2.05, 4.69) is 20.4 Å². The van der Waals surface area contributed by atoms with Gasteiger partial charge in [0.25, 0.3) is 0 Å². The number of nitriles is 1. The second-order valence-electron chi connectivity index (χ2n) is 5.71. The van der Waals surface area contributed by atoms with E-state index in [1.807, 2.05) is 11.0 Å². The zero-order valence-corrected chi connectivity index (χ0v) is 14.0. The summed E-state index contributed by atoms with van der Waals surface area (Å²) in [5, 5.41) is 16.2. The molecule has 24 heavy (non-hydrogen) atoms. The second kappa shape index (κ2) is 6.09. The van der Waals surface area contributed by atoms with E-state index in [4.69, 9.17) is 21.4 Å². The topological polar surface area (TPSA) is 108 Å². The molecule has 1 unspecified atom stereocenters. The van der Waals surface area contributed by atoms with Crippen LogP contribution in [0.4, 0.5) is 5.82 Å². The Morgan fingerprint density at radius 1 is 1.58 bits per heavy atom. The third kappa shape index (κ3) is 2.90. The fourth-order valence-corrected chi connectivity index (χ4v) is 3.17. The Morgan fingerprint density at radius 3 is 2.96 bits per heavy atom. The van der Waals surface area contributed by atoms with Crippen molar-refractivity contribution < 1.29 is 9.32 Å². The van der Waals surface area contributed by atoms with Crippen LogP contribution in [0.2, 0.25) is 5.02 Å². The Balaban J connectivity index is 1.93. The second-order valence-corrected chi connectivity index (χ2v) is 6.12. The fraction of sp³-hybridized carbons (Fsp3) is 0.400. The zero-order valence-electron chi connectivity index (χ0n) is 13.2. The first-order valence-electron chi connectivity index (χ1n) is 7.34. The highest BCUT2D eigenvalue weighted by Gasteiger charge is 2.45. The first-order chi connectivity index (χ1) is 11.4. The summed E-state index contributed by atoms with van der Waals surface area (Å²) in [5.74, 6) is 1.24. The number of rotatable bonds is 3. The molecule has 1 amide bonds. The molecule has 1 fully saturated rings. The number of pyridine rings is 1. The minimum Gasteiger partial charge on any atom is -0.352 e. The van der Waals surface area contributed by atoms with Gasteiger partial charge in [0.15, 0.2) is 5.82 Å². The van der Waals surface area contributed by atoms with Gasteiger partial charge in [-0.25, -0.2) is 4.98 Å². The van der Waals surface area contributed by atoms with Gasteiger partial charge in [-0.1, -0.05) is 16.8 Å². The van der Waals surface area contributed by atoms with Gasteiger partial charge in [0.05, 0.1) is 17.1 Å². The van der Waals surface area contributed by atoms with Crippen molar-refractivity contribution >= 4 is 23.3 Å². The Bertz CT molecular complexity index is 830. The number of halogens is 1. The van der Waals surface area contributed by atoms with Gasteiger partial charge in [-0.2, -0.15) is 10.2 Å². The van der Waals surface area contributed by atoms with Crippen molar-refractivity contribution in [3.8, 4) is 6.07 Å². The summed E-state index contributed by atoms with van der Waals surface area (Å²) in [6.07, 6.45) is 2.06. The van der Waals surface area contributed by atoms with Crippen LogP contribution in [0.3, 0.4) is 0 Å². The van der Waals surface area contributed by atoms with E-state index in [1.165, 1.54) is 13.1 Å². The van der Waals surface area contributed by atoms with E-state index in [0.29, 0.717) is 47.6 Å². The summed E-state index contributed by atoms with van der Waals surface area (Å²) in [4.78, 5) is 22.2. The van der Waals surface area contributed by atoms with Gasteiger partial charge in [0.1, 0.15) is 17.4 Å². The van der Waals surface area contributed by atoms with Crippen LogP contribution in [0, 0.1) is 18.3 Å². The van der Waals surface area contributed by atoms with Crippen LogP contribution in [0.5, 0.6) is 0 Å². The molecule has 0 aromatic carbocycles. The highest BCUT2D eigenvalue weighted by atomic mass is 35.5.